The van der Waals surface area contributed by atoms with Gasteiger partial charge in [-0.25, -0.2) is 0 Å². The highest BCUT2D eigenvalue weighted by Gasteiger charge is 2.35. The minimum absolute atomic E-state index is 0.154. The molecule has 0 aliphatic rings. The van der Waals surface area contributed by atoms with Gasteiger partial charge in [-0.2, -0.15) is 0 Å². The second-order valence-corrected chi connectivity index (χ2v) is 9.48. The van der Waals surface area contributed by atoms with Crippen LogP contribution in [0.1, 0.15) is 53.4 Å². The van der Waals surface area contributed by atoms with Gasteiger partial charge < -0.3 is 5.11 Å². The first-order chi connectivity index (χ1) is 15.1. The zero-order valence-corrected chi connectivity index (χ0v) is 19.5. The van der Waals surface area contributed by atoms with Crippen LogP contribution in [-0.2, 0) is 24.1 Å². The number of rotatable bonds is 8. The molecule has 0 aliphatic heterocycles. The maximum atomic E-state index is 12.9. The number of aliphatic hydroxyl groups is 1. The van der Waals surface area contributed by atoms with Gasteiger partial charge >= 0.3 is 0 Å². The third-order valence-corrected chi connectivity index (χ3v) is 5.80. The lowest BCUT2D eigenvalue weighted by Crippen LogP contribution is -2.33. The zero-order valence-electron chi connectivity index (χ0n) is 19.5. The van der Waals surface area contributed by atoms with Crippen LogP contribution < -0.4 is 0 Å². The maximum absolute atomic E-state index is 12.9. The van der Waals surface area contributed by atoms with Crippen LogP contribution >= 0.6 is 0 Å². The van der Waals surface area contributed by atoms with Crippen molar-refractivity contribution >= 4 is 5.78 Å². The fraction of sp³-hybridized carbons (Fsp3) is 0.276. The molecule has 3 aromatic rings. The predicted octanol–water partition coefficient (Wildman–Crippen LogP) is 5.87. The Morgan fingerprint density at radius 3 is 1.75 bits per heavy atom. The molecule has 0 aliphatic carbocycles. The third kappa shape index (κ3) is 5.42. The highest BCUT2D eigenvalue weighted by molar-refractivity contribution is 6.04. The van der Waals surface area contributed by atoms with E-state index in [9.17, 15) is 9.90 Å². The predicted molar refractivity (Wildman–Crippen MR) is 132 cm³/mol. The Labute approximate surface area is 192 Å². The summed E-state index contributed by atoms with van der Waals surface area (Å²) < 4.78 is 0. The summed E-state index contributed by atoms with van der Waals surface area (Å²) in [7, 11) is 2.09. The molecule has 166 valence electrons. The summed E-state index contributed by atoms with van der Waals surface area (Å²) in [6.45, 7) is 12.0. The fourth-order valence-electron chi connectivity index (χ4n) is 3.80. The van der Waals surface area contributed by atoms with Crippen molar-refractivity contribution in [3.05, 3.63) is 119 Å². The molecule has 1 unspecified atom stereocenters. The lowest BCUT2D eigenvalue weighted by Gasteiger charge is -2.24. The highest BCUT2D eigenvalue weighted by atomic mass is 16.3. The first-order valence-electron chi connectivity index (χ1n) is 11.0. The van der Waals surface area contributed by atoms with Gasteiger partial charge in [0.15, 0.2) is 5.60 Å². The highest BCUT2D eigenvalue weighted by Crippen LogP contribution is 2.28. The molecule has 0 aromatic heterocycles. The van der Waals surface area contributed by atoms with E-state index in [0.29, 0.717) is 11.1 Å². The van der Waals surface area contributed by atoms with Gasteiger partial charge in [0.05, 0.1) is 0 Å². The summed E-state index contributed by atoms with van der Waals surface area (Å²) in [5, 5.41) is 11.1. The van der Waals surface area contributed by atoms with Gasteiger partial charge in [-0.3, -0.25) is 9.69 Å². The molecule has 0 spiro atoms. The second kappa shape index (κ2) is 9.64. The molecule has 0 saturated heterocycles. The van der Waals surface area contributed by atoms with Gasteiger partial charge in [-0.05, 0) is 40.8 Å². The van der Waals surface area contributed by atoms with Crippen LogP contribution in [-0.4, -0.2) is 22.8 Å². The van der Waals surface area contributed by atoms with Crippen LogP contribution in [0.4, 0.5) is 0 Å². The molecule has 0 fully saturated rings. The smallest absolute Gasteiger partial charge is 0.202 e. The van der Waals surface area contributed by atoms with Crippen molar-refractivity contribution in [1.82, 2.24) is 4.90 Å². The summed E-state index contributed by atoms with van der Waals surface area (Å²) in [5.74, 6) is -0.378. The molecule has 0 heterocycles. The quantitative estimate of drug-likeness (QED) is 0.361. The first kappa shape index (κ1) is 23.6. The van der Waals surface area contributed by atoms with Crippen LogP contribution in [0.15, 0.2) is 91.5 Å². The van der Waals surface area contributed by atoms with Gasteiger partial charge in [0.2, 0.25) is 5.78 Å². The summed E-state index contributed by atoms with van der Waals surface area (Å²) in [4.78, 5) is 15.2. The van der Waals surface area contributed by atoms with Crippen molar-refractivity contribution in [2.45, 2.75) is 44.9 Å². The Morgan fingerprint density at radius 1 is 0.844 bits per heavy atom. The van der Waals surface area contributed by atoms with Gasteiger partial charge in [0.25, 0.3) is 0 Å². The molecule has 0 bridgehead atoms. The van der Waals surface area contributed by atoms with Crippen molar-refractivity contribution in [2.75, 3.05) is 7.05 Å². The molecule has 0 saturated carbocycles. The van der Waals surface area contributed by atoms with Crippen LogP contribution in [0.5, 0.6) is 0 Å². The topological polar surface area (TPSA) is 40.5 Å². The number of nitrogens with zero attached hydrogens (tertiary/aromatic N) is 1. The first-order valence-corrected chi connectivity index (χ1v) is 11.0. The Balaban J connectivity index is 1.68. The van der Waals surface area contributed by atoms with Crippen LogP contribution in [0.2, 0.25) is 0 Å². The number of carbonyl (C=O) groups is 1. The standard InChI is InChI=1S/C29H33NO2/c1-6-29(32,27(31)24-10-8-7-9-11-24)26-18-14-23(15-19-26)21-30(5)20-22-12-16-25(17-13-22)28(2,3)4/h6-19,32H,1,20-21H2,2-5H3. The normalized spacial score (nSPS) is 13.6. The summed E-state index contributed by atoms with van der Waals surface area (Å²) in [6, 6.07) is 25.2. The number of hydrogen-bond donors (Lipinski definition) is 1. The van der Waals surface area contributed by atoms with E-state index >= 15 is 0 Å². The molecule has 1 N–H and O–H groups in total. The lowest BCUT2D eigenvalue weighted by molar-refractivity contribution is 0.0519. The van der Waals surface area contributed by atoms with E-state index in [1.165, 1.54) is 17.2 Å². The van der Waals surface area contributed by atoms with Gasteiger partial charge in [0, 0.05) is 18.7 Å². The number of benzene rings is 3. The third-order valence-electron chi connectivity index (χ3n) is 5.80. The molecule has 32 heavy (non-hydrogen) atoms. The molecule has 1 atom stereocenters. The Bertz CT molecular complexity index is 1050. The summed E-state index contributed by atoms with van der Waals surface area (Å²) >= 11 is 0. The zero-order chi connectivity index (χ0) is 23.4. The van der Waals surface area contributed by atoms with Crippen molar-refractivity contribution in [3.8, 4) is 0 Å². The summed E-state index contributed by atoms with van der Waals surface area (Å²) in [5.41, 5.74) is 3.09. The van der Waals surface area contributed by atoms with Crippen LogP contribution in [0.3, 0.4) is 0 Å². The molecular weight excluding hydrogens is 394 g/mol. The molecular formula is C29H33NO2. The van der Waals surface area contributed by atoms with Crippen LogP contribution in [0.25, 0.3) is 0 Å². The van der Waals surface area contributed by atoms with Crippen LogP contribution in [0, 0.1) is 0 Å². The van der Waals surface area contributed by atoms with Crippen molar-refractivity contribution in [2.24, 2.45) is 0 Å². The van der Waals surface area contributed by atoms with E-state index in [2.05, 4.69) is 63.6 Å². The average molecular weight is 428 g/mol. The SMILES string of the molecule is C=CC(O)(C(=O)c1ccccc1)c1ccc(CN(C)Cc2ccc(C(C)(C)C)cc2)cc1. The maximum Gasteiger partial charge on any atom is 0.202 e. The largest absolute Gasteiger partial charge is 0.373 e. The van der Waals surface area contributed by atoms with Crippen molar-refractivity contribution in [3.63, 3.8) is 0 Å². The van der Waals surface area contributed by atoms with E-state index in [0.717, 1.165) is 18.7 Å². The molecule has 0 amide bonds. The van der Waals surface area contributed by atoms with E-state index < -0.39 is 5.60 Å². The van der Waals surface area contributed by atoms with Crippen molar-refractivity contribution in [1.29, 1.82) is 0 Å². The Morgan fingerprint density at radius 2 is 1.31 bits per heavy atom. The number of Topliss-reactive ketones (excluding diaryl/α,β-unsaturated/α-hetero) is 1. The lowest BCUT2D eigenvalue weighted by atomic mass is 9.85. The van der Waals surface area contributed by atoms with E-state index in [1.54, 1.807) is 24.3 Å². The fourth-order valence-corrected chi connectivity index (χ4v) is 3.80. The second-order valence-electron chi connectivity index (χ2n) is 9.48. The van der Waals surface area contributed by atoms with E-state index in [-0.39, 0.29) is 11.2 Å². The Kier molecular flexibility index (Phi) is 7.12. The summed E-state index contributed by atoms with van der Waals surface area (Å²) in [6.07, 6.45) is 1.31. The molecule has 0 radical (unpaired) electrons. The molecule has 3 nitrogen and oxygen atoms in total. The number of hydrogen-bond acceptors (Lipinski definition) is 3. The molecule has 3 aromatic carbocycles. The van der Waals surface area contributed by atoms with Crippen molar-refractivity contribution < 1.29 is 9.90 Å². The molecule has 3 heteroatoms. The van der Waals surface area contributed by atoms with Gasteiger partial charge in [0.1, 0.15) is 0 Å². The Hall–Kier alpha value is -3.01. The minimum atomic E-state index is -1.75. The number of carbonyl (C=O) groups excluding carboxylic acids is 1. The monoisotopic (exact) mass is 427 g/mol. The van der Waals surface area contributed by atoms with Gasteiger partial charge in [-0.1, -0.05) is 106 Å². The average Bonchev–Trinajstić information content (AvgIpc) is 2.79. The van der Waals surface area contributed by atoms with Gasteiger partial charge in [-0.15, -0.1) is 0 Å². The molecule has 3 rings (SSSR count). The minimum Gasteiger partial charge on any atom is -0.373 e. The number of ketones is 1. The van der Waals surface area contributed by atoms with E-state index in [4.69, 9.17) is 0 Å². The van der Waals surface area contributed by atoms with E-state index in [1.807, 2.05) is 30.3 Å².